The molecule has 0 aliphatic rings. The number of carbonyl (C=O) groups is 6. The summed E-state index contributed by atoms with van der Waals surface area (Å²) >= 11 is 0. The number of hydrogen-bond donors (Lipinski definition) is 5. The molecule has 11 nitrogen and oxygen atoms in total. The van der Waals surface area contributed by atoms with Crippen LogP contribution in [0.1, 0.15) is 73.3 Å². The maximum Gasteiger partial charge on any atom is 0.336 e. The summed E-state index contributed by atoms with van der Waals surface area (Å²) in [5, 5.41) is 32.9. The van der Waals surface area contributed by atoms with E-state index in [1.54, 1.807) is 6.92 Å². The van der Waals surface area contributed by atoms with Gasteiger partial charge in [0, 0.05) is 23.9 Å². The number of ketones is 1. The molecule has 3 aromatic rings. The third kappa shape index (κ3) is 5.68. The molecular weight excluding hydrogens is 484 g/mol. The van der Waals surface area contributed by atoms with Crippen molar-refractivity contribution in [3.8, 4) is 0 Å². The molecule has 0 spiro atoms. The first-order chi connectivity index (χ1) is 17.4. The fourth-order valence-electron chi connectivity index (χ4n) is 3.60. The van der Waals surface area contributed by atoms with Crippen molar-refractivity contribution in [1.82, 2.24) is 5.32 Å². The van der Waals surface area contributed by atoms with Crippen molar-refractivity contribution >= 4 is 41.2 Å². The summed E-state index contributed by atoms with van der Waals surface area (Å²) in [5.74, 6) is -6.35. The number of aryl methyl sites for hydroxylation is 1. The maximum atomic E-state index is 13.0. The first kappa shape index (κ1) is 26.3. The Morgan fingerprint density at radius 1 is 0.595 bits per heavy atom. The van der Waals surface area contributed by atoms with E-state index >= 15 is 0 Å². The third-order valence-electron chi connectivity index (χ3n) is 5.32. The number of carboxylic acid groups (broad SMARTS) is 3. The highest BCUT2D eigenvalue weighted by Crippen LogP contribution is 2.21. The van der Waals surface area contributed by atoms with E-state index in [2.05, 4.69) is 10.6 Å². The molecule has 0 atom stereocenters. The number of hydrogen-bond acceptors (Lipinski definition) is 6. The predicted molar refractivity (Wildman–Crippen MR) is 130 cm³/mol. The van der Waals surface area contributed by atoms with E-state index < -0.39 is 41.1 Å². The van der Waals surface area contributed by atoms with Gasteiger partial charge in [-0.2, -0.15) is 0 Å². The second-order valence-corrected chi connectivity index (χ2v) is 7.89. The van der Waals surface area contributed by atoms with Gasteiger partial charge in [-0.1, -0.05) is 12.1 Å². The third-order valence-corrected chi connectivity index (χ3v) is 5.32. The summed E-state index contributed by atoms with van der Waals surface area (Å²) in [7, 11) is 1.30. The molecule has 0 saturated carbocycles. The van der Waals surface area contributed by atoms with Crippen LogP contribution in [0.3, 0.4) is 0 Å². The highest BCUT2D eigenvalue weighted by atomic mass is 16.4. The van der Waals surface area contributed by atoms with Crippen molar-refractivity contribution < 1.29 is 44.1 Å². The Morgan fingerprint density at radius 3 is 1.70 bits per heavy atom. The van der Waals surface area contributed by atoms with Crippen molar-refractivity contribution in [1.29, 1.82) is 0 Å². The van der Waals surface area contributed by atoms with Gasteiger partial charge >= 0.3 is 17.9 Å². The molecule has 0 aliphatic carbocycles. The normalized spacial score (nSPS) is 10.3. The fraction of sp³-hybridized carbons (Fsp3) is 0.0769. The number of carbonyl (C=O) groups excluding carboxylic acids is 3. The van der Waals surface area contributed by atoms with E-state index in [1.807, 2.05) is 0 Å². The average Bonchev–Trinajstić information content (AvgIpc) is 2.86. The largest absolute Gasteiger partial charge is 0.478 e. The number of rotatable bonds is 8. The number of benzene rings is 3. The molecule has 0 saturated heterocycles. The lowest BCUT2D eigenvalue weighted by Crippen LogP contribution is -2.22. The van der Waals surface area contributed by atoms with Crippen molar-refractivity contribution in [2.75, 3.05) is 12.4 Å². The van der Waals surface area contributed by atoms with Crippen LogP contribution in [0, 0.1) is 6.92 Å². The van der Waals surface area contributed by atoms with Crippen LogP contribution in [0.2, 0.25) is 0 Å². The van der Waals surface area contributed by atoms with Gasteiger partial charge in [-0.15, -0.1) is 0 Å². The van der Waals surface area contributed by atoms with Gasteiger partial charge in [0.1, 0.15) is 0 Å². The smallest absolute Gasteiger partial charge is 0.336 e. The lowest BCUT2D eigenvalue weighted by molar-refractivity contribution is 0.0682. The van der Waals surface area contributed by atoms with Crippen LogP contribution in [0.5, 0.6) is 0 Å². The Bertz CT molecular complexity index is 1490. The van der Waals surface area contributed by atoms with Gasteiger partial charge in [0.05, 0.1) is 27.8 Å². The van der Waals surface area contributed by atoms with Crippen molar-refractivity contribution in [2.45, 2.75) is 6.92 Å². The zero-order valence-corrected chi connectivity index (χ0v) is 19.5. The average molecular weight is 504 g/mol. The number of carboxylic acids is 3. The quantitative estimate of drug-likeness (QED) is 0.287. The van der Waals surface area contributed by atoms with Crippen LogP contribution in [0.25, 0.3) is 0 Å². The van der Waals surface area contributed by atoms with Crippen LogP contribution in [0.15, 0.2) is 54.6 Å². The van der Waals surface area contributed by atoms with E-state index in [1.165, 1.54) is 37.4 Å². The SMILES string of the molecule is CNC(=O)c1cc(C(=O)c2ccc(C(=O)Nc3cc(C)cc(C(=O)O)c3)c(C(=O)O)c2)ccc1C(=O)O. The second kappa shape index (κ2) is 10.5. The summed E-state index contributed by atoms with van der Waals surface area (Å²) in [6.45, 7) is 1.63. The Kier molecular flexibility index (Phi) is 7.48. The monoisotopic (exact) mass is 504 g/mol. The topological polar surface area (TPSA) is 187 Å². The molecule has 37 heavy (non-hydrogen) atoms. The summed E-state index contributed by atoms with van der Waals surface area (Å²) in [4.78, 5) is 72.6. The first-order valence-corrected chi connectivity index (χ1v) is 10.6. The molecule has 0 bridgehead atoms. The molecule has 5 N–H and O–H groups in total. The van der Waals surface area contributed by atoms with Crippen molar-refractivity contribution in [2.24, 2.45) is 0 Å². The molecule has 3 rings (SSSR count). The van der Waals surface area contributed by atoms with Crippen LogP contribution in [0.4, 0.5) is 5.69 Å². The molecule has 0 fully saturated rings. The Balaban J connectivity index is 1.98. The Morgan fingerprint density at radius 2 is 1.16 bits per heavy atom. The minimum absolute atomic E-state index is 0.0697. The van der Waals surface area contributed by atoms with E-state index in [9.17, 15) is 44.1 Å². The molecule has 0 heterocycles. The summed E-state index contributed by atoms with van der Waals surface area (Å²) < 4.78 is 0. The van der Waals surface area contributed by atoms with Crippen LogP contribution >= 0.6 is 0 Å². The molecular formula is C26H20N2O9. The summed E-state index contributed by atoms with van der Waals surface area (Å²) in [6, 6.07) is 10.8. The van der Waals surface area contributed by atoms with Gasteiger partial charge in [0.2, 0.25) is 0 Å². The maximum absolute atomic E-state index is 13.0. The molecule has 11 heteroatoms. The summed E-state index contributed by atoms with van der Waals surface area (Å²) in [5.41, 5.74) is -0.927. The van der Waals surface area contributed by atoms with Gasteiger partial charge in [-0.05, 0) is 55.0 Å². The van der Waals surface area contributed by atoms with Gasteiger partial charge < -0.3 is 26.0 Å². The molecule has 3 aromatic carbocycles. The van der Waals surface area contributed by atoms with E-state index in [0.717, 1.165) is 24.3 Å². The fourth-order valence-corrected chi connectivity index (χ4v) is 3.60. The summed E-state index contributed by atoms with van der Waals surface area (Å²) in [6.07, 6.45) is 0. The first-order valence-electron chi connectivity index (χ1n) is 10.6. The molecule has 2 amide bonds. The van der Waals surface area contributed by atoms with Crippen LogP contribution < -0.4 is 10.6 Å². The van der Waals surface area contributed by atoms with Crippen LogP contribution in [-0.4, -0.2) is 57.9 Å². The van der Waals surface area contributed by atoms with Crippen molar-refractivity contribution in [3.05, 3.63) is 99.1 Å². The number of aromatic carboxylic acids is 3. The number of anilines is 1. The minimum Gasteiger partial charge on any atom is -0.478 e. The highest BCUT2D eigenvalue weighted by molar-refractivity contribution is 6.15. The van der Waals surface area contributed by atoms with E-state index in [-0.39, 0.29) is 39.1 Å². The van der Waals surface area contributed by atoms with Gasteiger partial charge in [0.25, 0.3) is 11.8 Å². The number of amides is 2. The molecule has 0 radical (unpaired) electrons. The van der Waals surface area contributed by atoms with Gasteiger partial charge in [-0.3, -0.25) is 14.4 Å². The van der Waals surface area contributed by atoms with E-state index in [4.69, 9.17) is 0 Å². The molecule has 0 unspecified atom stereocenters. The number of nitrogens with one attached hydrogen (secondary N) is 2. The van der Waals surface area contributed by atoms with Gasteiger partial charge in [0.15, 0.2) is 5.78 Å². The zero-order valence-electron chi connectivity index (χ0n) is 19.5. The Labute approximate surface area is 209 Å². The van der Waals surface area contributed by atoms with Gasteiger partial charge in [-0.25, -0.2) is 14.4 Å². The molecule has 188 valence electrons. The zero-order chi connectivity index (χ0) is 27.4. The Hall–Kier alpha value is -5.32. The van der Waals surface area contributed by atoms with E-state index in [0.29, 0.717) is 5.56 Å². The lowest BCUT2D eigenvalue weighted by atomic mass is 9.95. The standard InChI is InChI=1S/C26H20N2O9/c1-12-7-15(24(32)33)9-16(8-12)28-23(31)17-5-3-14(11-20(17)26(36)37)21(29)13-4-6-18(25(34)35)19(10-13)22(30)27-2/h3-11H,1-2H3,(H,27,30)(H,28,31)(H,32,33)(H,34,35)(H,36,37). The molecule has 0 aliphatic heterocycles. The van der Waals surface area contributed by atoms with Crippen LogP contribution in [-0.2, 0) is 0 Å². The predicted octanol–water partition coefficient (Wildman–Crippen LogP) is 2.93. The molecule has 0 aromatic heterocycles. The minimum atomic E-state index is -1.50. The highest BCUT2D eigenvalue weighted by Gasteiger charge is 2.23. The second-order valence-electron chi connectivity index (χ2n) is 7.89. The van der Waals surface area contributed by atoms with Crippen molar-refractivity contribution in [3.63, 3.8) is 0 Å². The lowest BCUT2D eigenvalue weighted by Gasteiger charge is -2.12.